The predicted octanol–water partition coefficient (Wildman–Crippen LogP) is 2.41. The number of methoxy groups -OCH3 is 1. The molecule has 2 saturated heterocycles. The van der Waals surface area contributed by atoms with Crippen molar-refractivity contribution in [3.05, 3.63) is 30.6 Å². The fourth-order valence-corrected chi connectivity index (χ4v) is 3.97. The fourth-order valence-electron chi connectivity index (χ4n) is 3.97. The highest BCUT2D eigenvalue weighted by Crippen LogP contribution is 2.32. The van der Waals surface area contributed by atoms with Gasteiger partial charge >= 0.3 is 0 Å². The second-order valence-electron chi connectivity index (χ2n) is 7.24. The van der Waals surface area contributed by atoms with E-state index in [2.05, 4.69) is 25.1 Å². The first-order valence-corrected chi connectivity index (χ1v) is 9.63. The number of hydrogen-bond donors (Lipinski definition) is 1. The van der Waals surface area contributed by atoms with Crippen LogP contribution < -0.4 is 9.64 Å². The summed E-state index contributed by atoms with van der Waals surface area (Å²) in [6.07, 6.45) is 4.51. The first kappa shape index (κ1) is 17.4. The fraction of sp³-hybridized carbons (Fsp3) is 0.450. The summed E-state index contributed by atoms with van der Waals surface area (Å²) in [6.45, 7) is 2.82. The zero-order valence-corrected chi connectivity index (χ0v) is 15.8. The molecule has 2 unspecified atom stereocenters. The van der Waals surface area contributed by atoms with Gasteiger partial charge in [0.15, 0.2) is 0 Å². The summed E-state index contributed by atoms with van der Waals surface area (Å²) in [4.78, 5) is 11.3. The molecule has 8 nitrogen and oxygen atoms in total. The molecule has 1 N–H and O–H groups in total. The van der Waals surface area contributed by atoms with Crippen LogP contribution >= 0.6 is 0 Å². The lowest BCUT2D eigenvalue weighted by Crippen LogP contribution is -2.43. The van der Waals surface area contributed by atoms with Crippen LogP contribution in [0, 0.1) is 0 Å². The first-order chi connectivity index (χ1) is 13.8. The van der Waals surface area contributed by atoms with E-state index >= 15 is 0 Å². The van der Waals surface area contributed by atoms with Gasteiger partial charge in [-0.2, -0.15) is 5.10 Å². The van der Waals surface area contributed by atoms with Crippen molar-refractivity contribution in [2.75, 3.05) is 38.3 Å². The molecule has 3 aromatic rings. The lowest BCUT2D eigenvalue weighted by Gasteiger charge is -2.32. The molecule has 2 aromatic heterocycles. The van der Waals surface area contributed by atoms with E-state index in [-0.39, 0.29) is 0 Å². The quantitative estimate of drug-likeness (QED) is 0.656. The van der Waals surface area contributed by atoms with Crippen LogP contribution in [0.25, 0.3) is 22.3 Å². The summed E-state index contributed by atoms with van der Waals surface area (Å²) in [7, 11) is 1.66. The third kappa shape index (κ3) is 3.29. The maximum Gasteiger partial charge on any atom is 0.132 e. The zero-order chi connectivity index (χ0) is 18.9. The maximum atomic E-state index is 5.94. The molecule has 2 atom stereocenters. The molecule has 1 aromatic carbocycles. The lowest BCUT2D eigenvalue weighted by molar-refractivity contribution is 0.0302. The summed E-state index contributed by atoms with van der Waals surface area (Å²) in [6, 6.07) is 7.89. The van der Waals surface area contributed by atoms with Crippen LogP contribution in [0.3, 0.4) is 0 Å². The average Bonchev–Trinajstić information content (AvgIpc) is 3.30. The van der Waals surface area contributed by atoms with Crippen LogP contribution in [0.2, 0.25) is 0 Å². The van der Waals surface area contributed by atoms with Gasteiger partial charge in [-0.15, -0.1) is 0 Å². The number of fused-ring (bicyclic) bond motifs is 3. The Hall–Kier alpha value is -2.71. The standard InChI is InChI=1S/C20H23N5O3/c1-26-6-7-27-13-4-5-17-16(8-13)20(24-23-17)18-9-19(22-12-21-18)25-10-14-2-3-15(11-25)28-14/h4-5,8-9,12,14-15H,2-3,6-7,10-11H2,1H3,(H,23,24). The van der Waals surface area contributed by atoms with Crippen molar-refractivity contribution in [3.63, 3.8) is 0 Å². The van der Waals surface area contributed by atoms with Crippen LogP contribution in [0.15, 0.2) is 30.6 Å². The summed E-state index contributed by atoms with van der Waals surface area (Å²) < 4.78 is 16.7. The molecule has 0 radical (unpaired) electrons. The first-order valence-electron chi connectivity index (χ1n) is 9.63. The van der Waals surface area contributed by atoms with Crippen LogP contribution in [-0.2, 0) is 9.47 Å². The number of H-pyrrole nitrogens is 1. The van der Waals surface area contributed by atoms with E-state index in [0.717, 1.165) is 59.8 Å². The number of morpholine rings is 1. The van der Waals surface area contributed by atoms with Gasteiger partial charge in [0, 0.05) is 31.7 Å². The molecule has 2 bridgehead atoms. The molecule has 0 saturated carbocycles. The van der Waals surface area contributed by atoms with Crippen LogP contribution in [0.1, 0.15) is 12.8 Å². The molecule has 0 aliphatic carbocycles. The van der Waals surface area contributed by atoms with Crippen molar-refractivity contribution < 1.29 is 14.2 Å². The van der Waals surface area contributed by atoms with Crippen molar-refractivity contribution in [2.24, 2.45) is 0 Å². The number of ether oxygens (including phenoxy) is 3. The Labute approximate surface area is 162 Å². The summed E-state index contributed by atoms with van der Waals surface area (Å²) >= 11 is 0. The summed E-state index contributed by atoms with van der Waals surface area (Å²) in [5.41, 5.74) is 2.54. The minimum absolute atomic E-state index is 0.315. The molecule has 2 fully saturated rings. The Kier molecular flexibility index (Phi) is 4.58. The number of nitrogens with zero attached hydrogens (tertiary/aromatic N) is 4. The van der Waals surface area contributed by atoms with Crippen LogP contribution in [0.5, 0.6) is 5.75 Å². The van der Waals surface area contributed by atoms with E-state index in [1.54, 1.807) is 13.4 Å². The molecule has 146 valence electrons. The van der Waals surface area contributed by atoms with E-state index < -0.39 is 0 Å². The van der Waals surface area contributed by atoms with Gasteiger partial charge in [-0.1, -0.05) is 0 Å². The van der Waals surface area contributed by atoms with Crippen molar-refractivity contribution in [3.8, 4) is 17.1 Å². The van der Waals surface area contributed by atoms with Gasteiger partial charge in [-0.3, -0.25) is 5.10 Å². The highest BCUT2D eigenvalue weighted by molar-refractivity contribution is 5.93. The normalized spacial score (nSPS) is 21.4. The number of nitrogens with one attached hydrogen (secondary N) is 1. The second-order valence-corrected chi connectivity index (χ2v) is 7.24. The molecule has 2 aliphatic rings. The van der Waals surface area contributed by atoms with E-state index in [4.69, 9.17) is 14.2 Å². The molecule has 0 spiro atoms. The number of anilines is 1. The Morgan fingerprint density at radius 1 is 1.14 bits per heavy atom. The molecular formula is C20H23N5O3. The summed E-state index contributed by atoms with van der Waals surface area (Å²) in [5, 5.41) is 8.55. The molecule has 0 amide bonds. The lowest BCUT2D eigenvalue weighted by atomic mass is 10.1. The van der Waals surface area contributed by atoms with Gasteiger partial charge < -0.3 is 19.1 Å². The SMILES string of the molecule is COCCOc1ccc2[nH]nc(-c3cc(N4CC5CCC(C4)O5)ncn3)c2c1. The van der Waals surface area contributed by atoms with Crippen molar-refractivity contribution in [1.82, 2.24) is 20.2 Å². The largest absolute Gasteiger partial charge is 0.491 e. The molecule has 8 heteroatoms. The van der Waals surface area contributed by atoms with Gasteiger partial charge in [-0.05, 0) is 31.0 Å². The Morgan fingerprint density at radius 3 is 2.82 bits per heavy atom. The Balaban J connectivity index is 1.44. The van der Waals surface area contributed by atoms with Gasteiger partial charge in [0.2, 0.25) is 0 Å². The zero-order valence-electron chi connectivity index (χ0n) is 15.8. The average molecular weight is 381 g/mol. The smallest absolute Gasteiger partial charge is 0.132 e. The van der Waals surface area contributed by atoms with Gasteiger partial charge in [0.05, 0.1) is 30.0 Å². The molecule has 2 aliphatic heterocycles. The highest BCUT2D eigenvalue weighted by atomic mass is 16.5. The van der Waals surface area contributed by atoms with E-state index in [1.807, 2.05) is 24.3 Å². The molecule has 5 rings (SSSR count). The Bertz CT molecular complexity index is 963. The molecule has 4 heterocycles. The van der Waals surface area contributed by atoms with Crippen LogP contribution in [-0.4, -0.2) is 65.8 Å². The molecule has 28 heavy (non-hydrogen) atoms. The van der Waals surface area contributed by atoms with Gasteiger partial charge in [0.1, 0.15) is 30.2 Å². The van der Waals surface area contributed by atoms with E-state index in [0.29, 0.717) is 25.4 Å². The number of rotatable bonds is 6. The minimum atomic E-state index is 0.315. The number of hydrogen-bond acceptors (Lipinski definition) is 7. The topological polar surface area (TPSA) is 85.4 Å². The van der Waals surface area contributed by atoms with Crippen molar-refractivity contribution in [2.45, 2.75) is 25.0 Å². The Morgan fingerprint density at radius 2 is 2.00 bits per heavy atom. The van der Waals surface area contributed by atoms with Crippen molar-refractivity contribution >= 4 is 16.7 Å². The van der Waals surface area contributed by atoms with Crippen LogP contribution in [0.4, 0.5) is 5.82 Å². The maximum absolute atomic E-state index is 5.94. The number of aromatic amines is 1. The summed E-state index contributed by atoms with van der Waals surface area (Å²) in [5.74, 6) is 1.71. The second kappa shape index (κ2) is 7.37. The van der Waals surface area contributed by atoms with Gasteiger partial charge in [-0.25, -0.2) is 9.97 Å². The monoisotopic (exact) mass is 381 g/mol. The number of benzene rings is 1. The predicted molar refractivity (Wildman–Crippen MR) is 105 cm³/mol. The van der Waals surface area contributed by atoms with E-state index in [1.165, 1.54) is 0 Å². The third-order valence-electron chi connectivity index (χ3n) is 5.35. The van der Waals surface area contributed by atoms with Gasteiger partial charge in [0.25, 0.3) is 0 Å². The third-order valence-corrected chi connectivity index (χ3v) is 5.35. The van der Waals surface area contributed by atoms with E-state index in [9.17, 15) is 0 Å². The molecular weight excluding hydrogens is 358 g/mol. The van der Waals surface area contributed by atoms with Crippen molar-refractivity contribution in [1.29, 1.82) is 0 Å². The number of aromatic nitrogens is 4. The minimum Gasteiger partial charge on any atom is -0.491 e. The highest BCUT2D eigenvalue weighted by Gasteiger charge is 2.34.